The third-order valence-corrected chi connectivity index (χ3v) is 3.82. The number of rotatable bonds is 4. The molecule has 0 aromatic carbocycles. The van der Waals surface area contributed by atoms with Gasteiger partial charge in [-0.1, -0.05) is 18.6 Å². The molecule has 2 heterocycles. The summed E-state index contributed by atoms with van der Waals surface area (Å²) in [4.78, 5) is 16.2. The van der Waals surface area contributed by atoms with Crippen LogP contribution in [0.25, 0.3) is 0 Å². The molecule has 0 bridgehead atoms. The number of piperidine rings is 1. The molecule has 0 radical (unpaired) electrons. The third-order valence-electron chi connectivity index (χ3n) is 3.54. The summed E-state index contributed by atoms with van der Waals surface area (Å²) in [6, 6.07) is 0.276. The van der Waals surface area contributed by atoms with E-state index in [-0.39, 0.29) is 12.1 Å². The predicted molar refractivity (Wildman–Crippen MR) is 71.0 cm³/mol. The molecule has 3 N–H and O–H groups in total. The molecule has 2 saturated heterocycles. The second-order valence-corrected chi connectivity index (χ2v) is 5.14. The molecule has 1 atom stereocenters. The molecule has 1 unspecified atom stereocenters. The lowest BCUT2D eigenvalue weighted by atomic mass is 10.0. The van der Waals surface area contributed by atoms with Crippen LogP contribution in [0.1, 0.15) is 19.3 Å². The second kappa shape index (κ2) is 5.64. The number of nitrogens with one attached hydrogen (secondary N) is 1. The van der Waals surface area contributed by atoms with Crippen molar-refractivity contribution in [1.82, 2.24) is 15.1 Å². The molecule has 0 aliphatic carbocycles. The number of carbonyl (C=O) groups is 1. The topological polar surface area (TPSA) is 61.6 Å². The molecular formula is C11H20N4OS. The van der Waals surface area contributed by atoms with Gasteiger partial charge in [-0.05, 0) is 19.4 Å². The van der Waals surface area contributed by atoms with Gasteiger partial charge in [-0.2, -0.15) is 0 Å². The molecule has 0 saturated carbocycles. The molecule has 2 amide bonds. The number of likely N-dealkylation sites (tertiary alicyclic amines) is 1. The van der Waals surface area contributed by atoms with Crippen LogP contribution in [0.5, 0.6) is 0 Å². The Bertz CT molecular complexity index is 310. The van der Waals surface area contributed by atoms with Crippen molar-refractivity contribution >= 4 is 23.2 Å². The smallest absolute Gasteiger partial charge is 0.317 e. The summed E-state index contributed by atoms with van der Waals surface area (Å²) in [5.74, 6) is 0. The number of hydrogen-bond acceptors (Lipinski definition) is 3. The van der Waals surface area contributed by atoms with Gasteiger partial charge in [0, 0.05) is 26.2 Å². The Kier molecular flexibility index (Phi) is 4.17. The molecule has 2 aliphatic heterocycles. The van der Waals surface area contributed by atoms with E-state index in [0.717, 1.165) is 39.1 Å². The maximum Gasteiger partial charge on any atom is 0.317 e. The summed E-state index contributed by atoms with van der Waals surface area (Å²) >= 11 is 5.11. The van der Waals surface area contributed by atoms with E-state index in [1.807, 2.05) is 4.90 Å². The number of amides is 2. The zero-order valence-electron chi connectivity index (χ0n) is 10.0. The summed E-state index contributed by atoms with van der Waals surface area (Å²) in [6.45, 7) is 4.25. The first-order chi connectivity index (χ1) is 8.18. The molecular weight excluding hydrogens is 236 g/mol. The number of nitrogens with two attached hydrogens (primary N) is 1. The van der Waals surface area contributed by atoms with E-state index in [9.17, 15) is 4.79 Å². The fourth-order valence-electron chi connectivity index (χ4n) is 2.55. The Morgan fingerprint density at radius 2 is 2.24 bits per heavy atom. The lowest BCUT2D eigenvalue weighted by Crippen LogP contribution is -2.49. The summed E-state index contributed by atoms with van der Waals surface area (Å²) in [6.07, 6.45) is 3.45. The number of thiocarbonyl (C=S) groups is 1. The monoisotopic (exact) mass is 256 g/mol. The highest BCUT2D eigenvalue weighted by Crippen LogP contribution is 2.17. The molecule has 2 rings (SSSR count). The van der Waals surface area contributed by atoms with E-state index in [1.54, 1.807) is 0 Å². The summed E-state index contributed by atoms with van der Waals surface area (Å²) in [5.41, 5.74) is 5.77. The van der Waals surface area contributed by atoms with Crippen molar-refractivity contribution in [2.24, 2.45) is 5.73 Å². The van der Waals surface area contributed by atoms with Crippen LogP contribution in [0.4, 0.5) is 4.79 Å². The van der Waals surface area contributed by atoms with Crippen LogP contribution < -0.4 is 11.1 Å². The Morgan fingerprint density at radius 1 is 1.41 bits per heavy atom. The Labute approximate surface area is 107 Å². The lowest BCUT2D eigenvalue weighted by molar-refractivity contribution is 0.168. The minimum Gasteiger partial charge on any atom is -0.392 e. The maximum atomic E-state index is 11.4. The zero-order chi connectivity index (χ0) is 12.3. The van der Waals surface area contributed by atoms with Gasteiger partial charge in [0.05, 0.1) is 11.0 Å². The molecule has 5 nitrogen and oxygen atoms in total. The average Bonchev–Trinajstić information content (AvgIpc) is 2.72. The van der Waals surface area contributed by atoms with Crippen LogP contribution in [-0.2, 0) is 0 Å². The Balaban J connectivity index is 1.83. The van der Waals surface area contributed by atoms with E-state index in [1.165, 1.54) is 12.8 Å². The van der Waals surface area contributed by atoms with Gasteiger partial charge in [-0.15, -0.1) is 0 Å². The van der Waals surface area contributed by atoms with Gasteiger partial charge in [0.15, 0.2) is 0 Å². The quantitative estimate of drug-likeness (QED) is 0.703. The normalized spacial score (nSPS) is 26.0. The van der Waals surface area contributed by atoms with Crippen molar-refractivity contribution in [2.75, 3.05) is 32.7 Å². The third kappa shape index (κ3) is 3.07. The summed E-state index contributed by atoms with van der Waals surface area (Å²) in [7, 11) is 0. The van der Waals surface area contributed by atoms with Gasteiger partial charge in [0.2, 0.25) is 0 Å². The van der Waals surface area contributed by atoms with Crippen LogP contribution in [0, 0.1) is 0 Å². The van der Waals surface area contributed by atoms with Gasteiger partial charge in [-0.3, -0.25) is 4.90 Å². The van der Waals surface area contributed by atoms with Crippen molar-refractivity contribution in [2.45, 2.75) is 25.3 Å². The van der Waals surface area contributed by atoms with E-state index in [4.69, 9.17) is 18.0 Å². The second-order valence-electron chi connectivity index (χ2n) is 4.67. The molecule has 6 heteroatoms. The fraction of sp³-hybridized carbons (Fsp3) is 0.818. The number of nitrogens with zero attached hydrogens (tertiary/aromatic N) is 2. The first-order valence-electron chi connectivity index (χ1n) is 6.24. The lowest BCUT2D eigenvalue weighted by Gasteiger charge is -2.35. The van der Waals surface area contributed by atoms with Gasteiger partial charge < -0.3 is 16.0 Å². The number of hydrogen-bond donors (Lipinski definition) is 2. The summed E-state index contributed by atoms with van der Waals surface area (Å²) < 4.78 is 0. The van der Waals surface area contributed by atoms with Crippen molar-refractivity contribution in [3.8, 4) is 0 Å². The SMILES string of the molecule is NC(=S)C1CCCCN1CCN1CCNC1=O. The first-order valence-corrected chi connectivity index (χ1v) is 6.65. The molecule has 0 aromatic rings. The minimum absolute atomic E-state index is 0.0499. The van der Waals surface area contributed by atoms with Crippen LogP contribution in [-0.4, -0.2) is 59.6 Å². The molecule has 2 aliphatic rings. The maximum absolute atomic E-state index is 11.4. The molecule has 2 fully saturated rings. The van der Waals surface area contributed by atoms with E-state index >= 15 is 0 Å². The number of carbonyl (C=O) groups excluding carboxylic acids is 1. The zero-order valence-corrected chi connectivity index (χ0v) is 10.8. The minimum atomic E-state index is 0.0499. The largest absolute Gasteiger partial charge is 0.392 e. The van der Waals surface area contributed by atoms with Crippen LogP contribution in [0.2, 0.25) is 0 Å². The molecule has 0 aromatic heterocycles. The molecule has 0 spiro atoms. The highest BCUT2D eigenvalue weighted by molar-refractivity contribution is 7.80. The Hall–Kier alpha value is -0.880. The van der Waals surface area contributed by atoms with E-state index in [0.29, 0.717) is 4.99 Å². The van der Waals surface area contributed by atoms with E-state index in [2.05, 4.69) is 10.2 Å². The fourth-order valence-corrected chi connectivity index (χ4v) is 2.82. The first kappa shape index (κ1) is 12.6. The van der Waals surface area contributed by atoms with Gasteiger partial charge in [-0.25, -0.2) is 4.79 Å². The van der Waals surface area contributed by atoms with Gasteiger partial charge >= 0.3 is 6.03 Å². The van der Waals surface area contributed by atoms with Crippen LogP contribution in [0.15, 0.2) is 0 Å². The standard InChI is InChI=1S/C11H20N4OS/c12-10(17)9-3-1-2-5-14(9)7-8-15-6-4-13-11(15)16/h9H,1-8H2,(H2,12,17)(H,13,16). The van der Waals surface area contributed by atoms with Gasteiger partial charge in [0.25, 0.3) is 0 Å². The molecule has 17 heavy (non-hydrogen) atoms. The van der Waals surface area contributed by atoms with E-state index < -0.39 is 0 Å². The summed E-state index contributed by atoms with van der Waals surface area (Å²) in [5, 5.41) is 2.81. The predicted octanol–water partition coefficient (Wildman–Crippen LogP) is 0.152. The average molecular weight is 256 g/mol. The highest BCUT2D eigenvalue weighted by atomic mass is 32.1. The highest BCUT2D eigenvalue weighted by Gasteiger charge is 2.26. The number of urea groups is 1. The van der Waals surface area contributed by atoms with Crippen molar-refractivity contribution in [3.63, 3.8) is 0 Å². The Morgan fingerprint density at radius 3 is 2.88 bits per heavy atom. The van der Waals surface area contributed by atoms with Gasteiger partial charge in [0.1, 0.15) is 0 Å². The van der Waals surface area contributed by atoms with Crippen LogP contribution >= 0.6 is 12.2 Å². The van der Waals surface area contributed by atoms with Crippen molar-refractivity contribution < 1.29 is 4.79 Å². The molecule has 96 valence electrons. The van der Waals surface area contributed by atoms with Crippen LogP contribution in [0.3, 0.4) is 0 Å². The van der Waals surface area contributed by atoms with Crippen molar-refractivity contribution in [1.29, 1.82) is 0 Å². The van der Waals surface area contributed by atoms with Crippen molar-refractivity contribution in [3.05, 3.63) is 0 Å².